The predicted molar refractivity (Wildman–Crippen MR) is 72.1 cm³/mol. The number of halogens is 1. The molecule has 0 amide bonds. The molecule has 0 spiro atoms. The number of aromatic nitrogens is 1. The third-order valence-corrected chi connectivity index (χ3v) is 3.01. The number of carboxylic acid groups (broad SMARTS) is 1. The van der Waals surface area contributed by atoms with Crippen LogP contribution < -0.4 is 4.74 Å². The van der Waals surface area contributed by atoms with Crippen LogP contribution in [0.4, 0.5) is 5.69 Å². The number of hydrogen-bond donors (Lipinski definition) is 1. The molecule has 102 valence electrons. The molecule has 20 heavy (non-hydrogen) atoms. The normalized spacial score (nSPS) is 10.1. The first-order valence-electron chi connectivity index (χ1n) is 5.28. The number of pyridine rings is 1. The number of ether oxygens (including phenoxy) is 1. The van der Waals surface area contributed by atoms with E-state index in [0.717, 1.165) is 6.20 Å². The number of benzene rings is 1. The van der Waals surface area contributed by atoms with E-state index in [1.54, 1.807) is 0 Å². The summed E-state index contributed by atoms with van der Waals surface area (Å²) in [6.45, 7) is 0. The topological polar surface area (TPSA) is 103 Å². The molecule has 0 radical (unpaired) electrons. The van der Waals surface area contributed by atoms with Crippen molar-refractivity contribution >= 4 is 27.6 Å². The van der Waals surface area contributed by atoms with E-state index in [0.29, 0.717) is 4.47 Å². The maximum absolute atomic E-state index is 11.0. The molecular formula is C12H7BrN2O5. The van der Waals surface area contributed by atoms with Crippen LogP contribution in [0.5, 0.6) is 11.5 Å². The number of aromatic carboxylic acids is 1. The minimum Gasteiger partial charge on any atom is -0.477 e. The van der Waals surface area contributed by atoms with Crippen LogP contribution in [0, 0.1) is 10.1 Å². The van der Waals surface area contributed by atoms with Crippen LogP contribution in [0.25, 0.3) is 0 Å². The van der Waals surface area contributed by atoms with Gasteiger partial charge in [-0.25, -0.2) is 4.79 Å². The second kappa shape index (κ2) is 5.66. The van der Waals surface area contributed by atoms with Crippen molar-refractivity contribution in [1.82, 2.24) is 4.98 Å². The summed E-state index contributed by atoms with van der Waals surface area (Å²) in [4.78, 5) is 24.9. The Morgan fingerprint density at radius 3 is 2.75 bits per heavy atom. The third-order valence-electron chi connectivity index (χ3n) is 2.36. The van der Waals surface area contributed by atoms with Gasteiger partial charge in [-0.2, -0.15) is 0 Å². The fourth-order valence-corrected chi connectivity index (χ4v) is 1.76. The molecule has 0 saturated heterocycles. The number of carboxylic acids is 1. The second-order valence-corrected chi connectivity index (χ2v) is 4.51. The van der Waals surface area contributed by atoms with Gasteiger partial charge in [0, 0.05) is 24.5 Å². The van der Waals surface area contributed by atoms with E-state index >= 15 is 0 Å². The van der Waals surface area contributed by atoms with E-state index in [4.69, 9.17) is 9.84 Å². The number of nitro benzene ring substituents is 1. The molecule has 1 aromatic carbocycles. The van der Waals surface area contributed by atoms with Gasteiger partial charge in [0.05, 0.1) is 15.5 Å². The van der Waals surface area contributed by atoms with E-state index < -0.39 is 10.9 Å². The van der Waals surface area contributed by atoms with E-state index in [2.05, 4.69) is 20.9 Å². The van der Waals surface area contributed by atoms with Crippen molar-refractivity contribution in [3.63, 3.8) is 0 Å². The molecule has 2 aromatic rings. The molecule has 1 N–H and O–H groups in total. The van der Waals surface area contributed by atoms with E-state index in [1.807, 2.05) is 0 Å². The van der Waals surface area contributed by atoms with E-state index in [1.165, 1.54) is 30.5 Å². The monoisotopic (exact) mass is 338 g/mol. The highest BCUT2D eigenvalue weighted by Crippen LogP contribution is 2.34. The molecule has 0 saturated carbocycles. The molecule has 0 aliphatic rings. The van der Waals surface area contributed by atoms with Crippen molar-refractivity contribution in [1.29, 1.82) is 0 Å². The molecule has 0 aliphatic carbocycles. The minimum absolute atomic E-state index is 0.0497. The molecule has 1 aromatic heterocycles. The molecule has 8 heteroatoms. The lowest BCUT2D eigenvalue weighted by atomic mass is 10.2. The molecule has 0 bridgehead atoms. The van der Waals surface area contributed by atoms with Gasteiger partial charge in [-0.1, -0.05) is 0 Å². The highest BCUT2D eigenvalue weighted by Gasteiger charge is 2.15. The van der Waals surface area contributed by atoms with Crippen LogP contribution in [0.2, 0.25) is 0 Å². The van der Waals surface area contributed by atoms with Gasteiger partial charge >= 0.3 is 5.97 Å². The molecule has 1 heterocycles. The Kier molecular flexibility index (Phi) is 3.94. The van der Waals surface area contributed by atoms with Crippen molar-refractivity contribution in [2.45, 2.75) is 0 Å². The highest BCUT2D eigenvalue weighted by molar-refractivity contribution is 9.10. The van der Waals surface area contributed by atoms with Crippen LogP contribution in [0.3, 0.4) is 0 Å². The lowest BCUT2D eigenvalue weighted by Gasteiger charge is -2.09. The molecule has 2 rings (SSSR count). The molecule has 0 fully saturated rings. The first kappa shape index (κ1) is 13.9. The summed E-state index contributed by atoms with van der Waals surface area (Å²) in [5.41, 5.74) is -0.292. The average Bonchev–Trinajstić information content (AvgIpc) is 2.41. The summed E-state index contributed by atoms with van der Waals surface area (Å²) in [6, 6.07) is 5.33. The molecule has 0 unspecified atom stereocenters. The highest BCUT2D eigenvalue weighted by atomic mass is 79.9. The zero-order chi connectivity index (χ0) is 14.7. The Balaban J connectivity index is 2.42. The maximum Gasteiger partial charge on any atom is 0.341 e. The fraction of sp³-hybridized carbons (Fsp3) is 0. The number of non-ortho nitro benzene ring substituents is 1. The van der Waals surface area contributed by atoms with Crippen LogP contribution in [-0.4, -0.2) is 21.0 Å². The first-order valence-corrected chi connectivity index (χ1v) is 6.07. The largest absolute Gasteiger partial charge is 0.477 e. The van der Waals surface area contributed by atoms with E-state index in [9.17, 15) is 14.9 Å². The summed E-state index contributed by atoms with van der Waals surface area (Å²) in [5, 5.41) is 19.7. The molecule has 7 nitrogen and oxygen atoms in total. The number of nitro groups is 1. The van der Waals surface area contributed by atoms with E-state index in [-0.39, 0.29) is 22.7 Å². The quantitative estimate of drug-likeness (QED) is 0.678. The SMILES string of the molecule is O=C(O)c1cnccc1Oc1cc([N+](=O)[O-])ccc1Br. The van der Waals surface area contributed by atoms with Crippen LogP contribution in [0.1, 0.15) is 10.4 Å². The zero-order valence-corrected chi connectivity index (χ0v) is 11.4. The van der Waals surface area contributed by atoms with Crippen LogP contribution in [0.15, 0.2) is 41.1 Å². The summed E-state index contributed by atoms with van der Waals surface area (Å²) < 4.78 is 5.89. The molecular weight excluding hydrogens is 332 g/mol. The Morgan fingerprint density at radius 2 is 2.10 bits per heavy atom. The van der Waals surface area contributed by atoms with Crippen molar-refractivity contribution < 1.29 is 19.6 Å². The Morgan fingerprint density at radius 1 is 1.35 bits per heavy atom. The smallest absolute Gasteiger partial charge is 0.341 e. The van der Waals surface area contributed by atoms with Crippen molar-refractivity contribution in [3.8, 4) is 11.5 Å². The van der Waals surface area contributed by atoms with Gasteiger partial charge in [0.2, 0.25) is 0 Å². The van der Waals surface area contributed by atoms with Crippen LogP contribution >= 0.6 is 15.9 Å². The summed E-state index contributed by atoms with van der Waals surface area (Å²) in [7, 11) is 0. The first-order chi connectivity index (χ1) is 9.49. The standard InChI is InChI=1S/C12H7BrN2O5/c13-9-2-1-7(15(18)19)5-11(9)20-10-3-4-14-6-8(10)12(16)17/h1-6H,(H,16,17). The van der Waals surface area contributed by atoms with Gasteiger partial charge in [0.15, 0.2) is 0 Å². The second-order valence-electron chi connectivity index (χ2n) is 3.65. The lowest BCUT2D eigenvalue weighted by Crippen LogP contribution is -2.01. The van der Waals surface area contributed by atoms with Crippen molar-refractivity contribution in [3.05, 3.63) is 56.8 Å². The number of rotatable bonds is 4. The van der Waals surface area contributed by atoms with Crippen LogP contribution in [-0.2, 0) is 0 Å². The number of nitrogens with zero attached hydrogens (tertiary/aromatic N) is 2. The van der Waals surface area contributed by atoms with Crippen molar-refractivity contribution in [2.75, 3.05) is 0 Å². The van der Waals surface area contributed by atoms with Crippen molar-refractivity contribution in [2.24, 2.45) is 0 Å². The zero-order valence-electron chi connectivity index (χ0n) is 9.82. The summed E-state index contributed by atoms with van der Waals surface area (Å²) in [5.74, 6) is -1.00. The van der Waals surface area contributed by atoms with Gasteiger partial charge in [0.1, 0.15) is 17.1 Å². The summed E-state index contributed by atoms with van der Waals surface area (Å²) in [6.07, 6.45) is 2.51. The van der Waals surface area contributed by atoms with Gasteiger partial charge in [-0.05, 0) is 22.0 Å². The molecule has 0 atom stereocenters. The Bertz CT molecular complexity index is 689. The van der Waals surface area contributed by atoms with Gasteiger partial charge in [-0.15, -0.1) is 0 Å². The summed E-state index contributed by atoms with van der Waals surface area (Å²) >= 11 is 3.19. The maximum atomic E-state index is 11.0. The minimum atomic E-state index is -1.20. The third kappa shape index (κ3) is 2.91. The Hall–Kier alpha value is -2.48. The molecule has 0 aliphatic heterocycles. The van der Waals surface area contributed by atoms with Gasteiger partial charge < -0.3 is 9.84 Å². The van der Waals surface area contributed by atoms with Gasteiger partial charge in [-0.3, -0.25) is 15.1 Å². The Labute approximate surface area is 121 Å². The predicted octanol–water partition coefficient (Wildman–Crippen LogP) is 3.24. The fourth-order valence-electron chi connectivity index (χ4n) is 1.43. The van der Waals surface area contributed by atoms with Gasteiger partial charge in [0.25, 0.3) is 5.69 Å². The average molecular weight is 339 g/mol. The number of hydrogen-bond acceptors (Lipinski definition) is 5. The number of carbonyl (C=O) groups is 1. The lowest BCUT2D eigenvalue weighted by molar-refractivity contribution is -0.384.